The highest BCUT2D eigenvalue weighted by molar-refractivity contribution is 7.09. The van der Waals surface area contributed by atoms with E-state index in [0.717, 1.165) is 30.8 Å². The van der Waals surface area contributed by atoms with Crippen LogP contribution in [0.1, 0.15) is 42.3 Å². The van der Waals surface area contributed by atoms with Gasteiger partial charge in [0.15, 0.2) is 0 Å². The average Bonchev–Trinajstić information content (AvgIpc) is 3.08. The van der Waals surface area contributed by atoms with Crippen molar-refractivity contribution in [1.29, 1.82) is 0 Å². The number of nitrogens with zero attached hydrogens (tertiary/aromatic N) is 3. The second kappa shape index (κ2) is 6.80. The van der Waals surface area contributed by atoms with Crippen LogP contribution >= 0.6 is 11.3 Å². The van der Waals surface area contributed by atoms with Gasteiger partial charge in [0.2, 0.25) is 5.91 Å². The lowest BCUT2D eigenvalue weighted by molar-refractivity contribution is -0.135. The van der Waals surface area contributed by atoms with Crippen LogP contribution in [0.2, 0.25) is 0 Å². The van der Waals surface area contributed by atoms with Crippen molar-refractivity contribution in [1.82, 2.24) is 14.9 Å². The molecule has 1 unspecified atom stereocenters. The number of rotatable bonds is 4. The fourth-order valence-corrected chi connectivity index (χ4v) is 3.62. The number of piperidine rings is 1. The van der Waals surface area contributed by atoms with Gasteiger partial charge in [-0.15, -0.1) is 11.3 Å². The molecule has 3 heterocycles. The van der Waals surface area contributed by atoms with Crippen molar-refractivity contribution in [2.45, 2.75) is 38.1 Å². The third kappa shape index (κ3) is 3.47. The molecule has 0 spiro atoms. The maximum atomic E-state index is 12.6. The van der Waals surface area contributed by atoms with Gasteiger partial charge in [-0.2, -0.15) is 0 Å². The fourth-order valence-electron chi connectivity index (χ4n) is 2.83. The summed E-state index contributed by atoms with van der Waals surface area (Å²) in [5, 5.41) is 3.07. The van der Waals surface area contributed by atoms with E-state index in [0.29, 0.717) is 6.42 Å². The van der Waals surface area contributed by atoms with Gasteiger partial charge in [-0.1, -0.05) is 0 Å². The summed E-state index contributed by atoms with van der Waals surface area (Å²) < 4.78 is 0. The molecule has 2 aromatic heterocycles. The Labute approximate surface area is 128 Å². The highest BCUT2D eigenvalue weighted by atomic mass is 32.1. The second-order valence-corrected chi connectivity index (χ2v) is 6.25. The molecule has 5 heteroatoms. The predicted molar refractivity (Wildman–Crippen MR) is 83.0 cm³/mol. The van der Waals surface area contributed by atoms with Crippen LogP contribution in [-0.4, -0.2) is 27.3 Å². The molecule has 1 saturated heterocycles. The lowest BCUT2D eigenvalue weighted by Crippen LogP contribution is -2.38. The molecule has 3 rings (SSSR count). The van der Waals surface area contributed by atoms with Crippen LogP contribution in [-0.2, 0) is 11.2 Å². The molecule has 1 amide bonds. The summed E-state index contributed by atoms with van der Waals surface area (Å²) >= 11 is 1.65. The molecule has 2 aromatic rings. The molecule has 1 fully saturated rings. The number of carbonyl (C=O) groups is 1. The number of likely N-dealkylation sites (tertiary alicyclic amines) is 1. The van der Waals surface area contributed by atoms with E-state index in [9.17, 15) is 4.79 Å². The molecule has 0 aliphatic carbocycles. The van der Waals surface area contributed by atoms with Gasteiger partial charge in [-0.25, -0.2) is 4.98 Å². The van der Waals surface area contributed by atoms with E-state index in [2.05, 4.69) is 9.97 Å². The van der Waals surface area contributed by atoms with Gasteiger partial charge in [0.1, 0.15) is 5.01 Å². The van der Waals surface area contributed by atoms with Crippen molar-refractivity contribution >= 4 is 17.2 Å². The topological polar surface area (TPSA) is 46.1 Å². The number of amides is 1. The van der Waals surface area contributed by atoms with Crippen LogP contribution in [0.5, 0.6) is 0 Å². The van der Waals surface area contributed by atoms with Crippen LogP contribution in [0.3, 0.4) is 0 Å². The molecule has 0 bridgehead atoms. The number of thiazole rings is 1. The summed E-state index contributed by atoms with van der Waals surface area (Å²) in [6.45, 7) is 0.861. The molecule has 1 atom stereocenters. The average molecular weight is 301 g/mol. The van der Waals surface area contributed by atoms with Crippen molar-refractivity contribution in [2.75, 3.05) is 6.54 Å². The van der Waals surface area contributed by atoms with E-state index >= 15 is 0 Å². The molecule has 21 heavy (non-hydrogen) atoms. The van der Waals surface area contributed by atoms with Crippen LogP contribution in [0.15, 0.2) is 36.1 Å². The zero-order chi connectivity index (χ0) is 14.5. The number of hydrogen-bond donors (Lipinski definition) is 0. The van der Waals surface area contributed by atoms with Gasteiger partial charge in [-0.3, -0.25) is 9.78 Å². The lowest BCUT2D eigenvalue weighted by Gasteiger charge is -2.34. The molecule has 0 N–H and O–H groups in total. The summed E-state index contributed by atoms with van der Waals surface area (Å²) in [5.41, 5.74) is 1.17. The monoisotopic (exact) mass is 301 g/mol. The summed E-state index contributed by atoms with van der Waals surface area (Å²) in [6, 6.07) is 4.13. The first-order valence-corrected chi connectivity index (χ1v) is 8.30. The highest BCUT2D eigenvalue weighted by Crippen LogP contribution is 2.32. The van der Waals surface area contributed by atoms with Crippen LogP contribution in [0, 0.1) is 0 Å². The maximum Gasteiger partial charge on any atom is 0.223 e. The Hall–Kier alpha value is -1.75. The second-order valence-electron chi connectivity index (χ2n) is 5.32. The Morgan fingerprint density at radius 3 is 2.90 bits per heavy atom. The van der Waals surface area contributed by atoms with Crippen molar-refractivity contribution in [3.63, 3.8) is 0 Å². The molecule has 4 nitrogen and oxygen atoms in total. The number of pyridine rings is 1. The zero-order valence-corrected chi connectivity index (χ0v) is 12.8. The Kier molecular flexibility index (Phi) is 4.60. The Morgan fingerprint density at radius 1 is 1.29 bits per heavy atom. The third-order valence-corrected chi connectivity index (χ3v) is 4.81. The van der Waals surface area contributed by atoms with Crippen LogP contribution in [0.4, 0.5) is 0 Å². The Morgan fingerprint density at radius 2 is 2.14 bits per heavy atom. The van der Waals surface area contributed by atoms with Gasteiger partial charge < -0.3 is 4.90 Å². The van der Waals surface area contributed by atoms with Gasteiger partial charge in [0.25, 0.3) is 0 Å². The van der Waals surface area contributed by atoms with Crippen molar-refractivity contribution in [2.24, 2.45) is 0 Å². The summed E-state index contributed by atoms with van der Waals surface area (Å²) in [5.74, 6) is 0.242. The fraction of sp³-hybridized carbons (Fsp3) is 0.438. The van der Waals surface area contributed by atoms with Crippen molar-refractivity contribution < 1.29 is 4.79 Å². The van der Waals surface area contributed by atoms with Crippen LogP contribution in [0.25, 0.3) is 0 Å². The standard InChI is InChI=1S/C16H19N3OS/c20-15(5-4-13-6-8-17-9-7-13)19-11-2-1-3-14(19)16-18-10-12-21-16/h6-10,12,14H,1-5,11H2. The van der Waals surface area contributed by atoms with Crippen molar-refractivity contribution in [3.8, 4) is 0 Å². The summed E-state index contributed by atoms with van der Waals surface area (Å²) in [7, 11) is 0. The number of aryl methyl sites for hydroxylation is 1. The first kappa shape index (κ1) is 14.2. The first-order chi connectivity index (χ1) is 10.3. The molecule has 1 aliphatic heterocycles. The number of hydrogen-bond acceptors (Lipinski definition) is 4. The number of carbonyl (C=O) groups excluding carboxylic acids is 1. The number of aromatic nitrogens is 2. The Bertz CT molecular complexity index is 570. The van der Waals surface area contributed by atoms with Gasteiger partial charge in [0.05, 0.1) is 6.04 Å². The van der Waals surface area contributed by atoms with E-state index in [1.165, 1.54) is 12.0 Å². The van der Waals surface area contributed by atoms with Gasteiger partial charge >= 0.3 is 0 Å². The highest BCUT2D eigenvalue weighted by Gasteiger charge is 2.29. The third-order valence-electron chi connectivity index (χ3n) is 3.94. The minimum atomic E-state index is 0.184. The molecule has 0 saturated carbocycles. The van der Waals surface area contributed by atoms with Gasteiger partial charge in [-0.05, 0) is 43.4 Å². The van der Waals surface area contributed by atoms with E-state index in [1.54, 1.807) is 23.7 Å². The maximum absolute atomic E-state index is 12.6. The zero-order valence-electron chi connectivity index (χ0n) is 11.9. The Balaban J connectivity index is 1.64. The molecule has 0 radical (unpaired) electrons. The molecular formula is C16H19N3OS. The largest absolute Gasteiger partial charge is 0.333 e. The van der Waals surface area contributed by atoms with Crippen LogP contribution < -0.4 is 0 Å². The molecular weight excluding hydrogens is 282 g/mol. The first-order valence-electron chi connectivity index (χ1n) is 7.42. The molecule has 110 valence electrons. The lowest BCUT2D eigenvalue weighted by atomic mass is 10.0. The quantitative estimate of drug-likeness (QED) is 0.871. The van der Waals surface area contributed by atoms with E-state index < -0.39 is 0 Å². The smallest absolute Gasteiger partial charge is 0.223 e. The molecule has 0 aromatic carbocycles. The van der Waals surface area contributed by atoms with Crippen molar-refractivity contribution in [3.05, 3.63) is 46.7 Å². The molecule has 1 aliphatic rings. The summed E-state index contributed by atoms with van der Waals surface area (Å²) in [4.78, 5) is 23.0. The van der Waals surface area contributed by atoms with E-state index in [1.807, 2.05) is 28.6 Å². The minimum Gasteiger partial charge on any atom is -0.333 e. The SMILES string of the molecule is O=C(CCc1ccncc1)N1CCCCC1c1nccs1. The minimum absolute atomic E-state index is 0.184. The summed E-state index contributed by atoms with van der Waals surface area (Å²) in [6.07, 6.45) is 10.0. The normalized spacial score (nSPS) is 18.7. The predicted octanol–water partition coefficient (Wildman–Crippen LogP) is 3.22. The van der Waals surface area contributed by atoms with Gasteiger partial charge in [0, 0.05) is 36.9 Å². The van der Waals surface area contributed by atoms with E-state index in [4.69, 9.17) is 0 Å². The van der Waals surface area contributed by atoms with E-state index in [-0.39, 0.29) is 11.9 Å².